The lowest BCUT2D eigenvalue weighted by molar-refractivity contribution is 0.225. The van der Waals surface area contributed by atoms with E-state index in [1.165, 1.54) is 7.05 Å². The maximum Gasteiger partial charge on any atom is 0.315 e. The molecule has 0 fully saturated rings. The normalized spacial score (nSPS) is 11.9. The smallest absolute Gasteiger partial charge is 0.315 e. The van der Waals surface area contributed by atoms with Crippen molar-refractivity contribution in [3.05, 3.63) is 12.2 Å². The van der Waals surface area contributed by atoms with Crippen molar-refractivity contribution < 1.29 is 9.90 Å². The number of amides is 2. The lowest BCUT2D eigenvalue weighted by atomic mass is 10.2. The molecule has 1 atom stereocenters. The molecular formula is C7H14N2O2. The second kappa shape index (κ2) is 4.73. The van der Waals surface area contributed by atoms with Crippen LogP contribution in [0.2, 0.25) is 0 Å². The summed E-state index contributed by atoms with van der Waals surface area (Å²) < 4.78 is 0. The molecule has 4 heteroatoms. The van der Waals surface area contributed by atoms with E-state index >= 15 is 0 Å². The van der Waals surface area contributed by atoms with Gasteiger partial charge < -0.3 is 15.7 Å². The summed E-state index contributed by atoms with van der Waals surface area (Å²) in [6.07, 6.45) is 0. The fourth-order valence-electron chi connectivity index (χ4n) is 0.555. The van der Waals surface area contributed by atoms with Crippen LogP contribution in [0, 0.1) is 0 Å². The van der Waals surface area contributed by atoms with Gasteiger partial charge in [0.15, 0.2) is 0 Å². The largest absolute Gasteiger partial charge is 0.394 e. The molecule has 0 spiro atoms. The zero-order valence-corrected chi connectivity index (χ0v) is 6.85. The Morgan fingerprint density at radius 2 is 2.27 bits per heavy atom. The Morgan fingerprint density at radius 3 is 2.55 bits per heavy atom. The van der Waals surface area contributed by atoms with Gasteiger partial charge in [0.05, 0.1) is 12.6 Å². The van der Waals surface area contributed by atoms with Gasteiger partial charge in [-0.15, -0.1) is 0 Å². The number of hydrogen-bond acceptors (Lipinski definition) is 2. The number of urea groups is 1. The number of nitrogens with one attached hydrogen (secondary N) is 2. The van der Waals surface area contributed by atoms with E-state index in [-0.39, 0.29) is 18.7 Å². The highest BCUT2D eigenvalue weighted by Crippen LogP contribution is 1.95. The van der Waals surface area contributed by atoms with Crippen LogP contribution < -0.4 is 10.6 Å². The Hall–Kier alpha value is -1.03. The van der Waals surface area contributed by atoms with Gasteiger partial charge in [0.1, 0.15) is 0 Å². The van der Waals surface area contributed by atoms with Crippen LogP contribution in [0.5, 0.6) is 0 Å². The minimum atomic E-state index is -0.352. The van der Waals surface area contributed by atoms with Crippen molar-refractivity contribution in [2.24, 2.45) is 0 Å². The Bertz CT molecular complexity index is 157. The standard InChI is InChI=1S/C7H14N2O2/c1-5(2)6(4-10)9-7(11)8-3/h6,10H,1,4H2,2-3H3,(H2,8,9,11). The molecule has 11 heavy (non-hydrogen) atoms. The van der Waals surface area contributed by atoms with Crippen molar-refractivity contribution in [3.63, 3.8) is 0 Å². The topological polar surface area (TPSA) is 61.4 Å². The van der Waals surface area contributed by atoms with Gasteiger partial charge in [-0.1, -0.05) is 12.2 Å². The van der Waals surface area contributed by atoms with E-state index in [4.69, 9.17) is 5.11 Å². The van der Waals surface area contributed by atoms with Gasteiger partial charge in [-0.2, -0.15) is 0 Å². The first kappa shape index (κ1) is 9.97. The van der Waals surface area contributed by atoms with Crippen LogP contribution in [0.3, 0.4) is 0 Å². The monoisotopic (exact) mass is 158 g/mol. The average molecular weight is 158 g/mol. The molecule has 3 N–H and O–H groups in total. The molecule has 0 rings (SSSR count). The van der Waals surface area contributed by atoms with Crippen LogP contribution >= 0.6 is 0 Å². The summed E-state index contributed by atoms with van der Waals surface area (Å²) in [6, 6.07) is -0.665. The minimum absolute atomic E-state index is 0.122. The van der Waals surface area contributed by atoms with Crippen molar-refractivity contribution in [2.45, 2.75) is 13.0 Å². The molecule has 0 aliphatic heterocycles. The first-order valence-electron chi connectivity index (χ1n) is 3.36. The van der Waals surface area contributed by atoms with Crippen LogP contribution in [-0.4, -0.2) is 30.8 Å². The first-order chi connectivity index (χ1) is 5.11. The SMILES string of the molecule is C=C(C)C(CO)NC(=O)NC. The van der Waals surface area contributed by atoms with Crippen molar-refractivity contribution in [1.82, 2.24) is 10.6 Å². The van der Waals surface area contributed by atoms with Crippen molar-refractivity contribution in [2.75, 3.05) is 13.7 Å². The molecule has 64 valence electrons. The van der Waals surface area contributed by atoms with Crippen LogP contribution in [-0.2, 0) is 0 Å². The van der Waals surface area contributed by atoms with Gasteiger partial charge in [0.2, 0.25) is 0 Å². The first-order valence-corrected chi connectivity index (χ1v) is 3.36. The summed E-state index contributed by atoms with van der Waals surface area (Å²) in [5.74, 6) is 0. The summed E-state index contributed by atoms with van der Waals surface area (Å²) in [6.45, 7) is 5.24. The molecule has 4 nitrogen and oxygen atoms in total. The Balaban J connectivity index is 3.88. The molecule has 0 aliphatic carbocycles. The number of aliphatic hydroxyl groups excluding tert-OH is 1. The van der Waals surface area contributed by atoms with Crippen LogP contribution in [0.25, 0.3) is 0 Å². The van der Waals surface area contributed by atoms with Gasteiger partial charge in [0.25, 0.3) is 0 Å². The van der Waals surface area contributed by atoms with Crippen LogP contribution in [0.1, 0.15) is 6.92 Å². The predicted molar refractivity (Wildman–Crippen MR) is 43.3 cm³/mol. The lowest BCUT2D eigenvalue weighted by Crippen LogP contribution is -2.42. The summed E-state index contributed by atoms with van der Waals surface area (Å²) in [5, 5.41) is 13.6. The van der Waals surface area contributed by atoms with Crippen molar-refractivity contribution in [1.29, 1.82) is 0 Å². The molecule has 0 bridgehead atoms. The Labute approximate surface area is 66.3 Å². The van der Waals surface area contributed by atoms with Gasteiger partial charge in [-0.25, -0.2) is 4.79 Å². The van der Waals surface area contributed by atoms with Crippen molar-refractivity contribution >= 4 is 6.03 Å². The maximum atomic E-state index is 10.7. The molecule has 0 aromatic rings. The molecule has 2 amide bonds. The summed E-state index contributed by atoms with van der Waals surface area (Å²) in [4.78, 5) is 10.7. The third kappa shape index (κ3) is 3.62. The molecule has 0 saturated heterocycles. The van der Waals surface area contributed by atoms with E-state index in [0.717, 1.165) is 5.57 Å². The highest BCUT2D eigenvalue weighted by atomic mass is 16.3. The fourth-order valence-corrected chi connectivity index (χ4v) is 0.555. The van der Waals surface area contributed by atoms with Crippen molar-refractivity contribution in [3.8, 4) is 0 Å². The van der Waals surface area contributed by atoms with E-state index in [9.17, 15) is 4.79 Å². The Morgan fingerprint density at radius 1 is 1.73 bits per heavy atom. The second-order valence-corrected chi connectivity index (χ2v) is 2.30. The van der Waals surface area contributed by atoms with Crippen LogP contribution in [0.4, 0.5) is 4.79 Å². The zero-order chi connectivity index (χ0) is 8.85. The number of rotatable bonds is 3. The Kier molecular flexibility index (Phi) is 4.29. The average Bonchev–Trinajstić information content (AvgIpc) is 1.99. The molecule has 0 saturated carbocycles. The van der Waals surface area contributed by atoms with E-state index in [1.807, 2.05) is 0 Å². The maximum absolute atomic E-state index is 10.7. The third-order valence-electron chi connectivity index (χ3n) is 1.31. The van der Waals surface area contributed by atoms with Crippen LogP contribution in [0.15, 0.2) is 12.2 Å². The van der Waals surface area contributed by atoms with Gasteiger partial charge in [-0.3, -0.25) is 0 Å². The summed E-state index contributed by atoms with van der Waals surface area (Å²) >= 11 is 0. The molecule has 0 aliphatic rings. The highest BCUT2D eigenvalue weighted by molar-refractivity contribution is 5.74. The number of carbonyl (C=O) groups is 1. The third-order valence-corrected chi connectivity index (χ3v) is 1.31. The summed E-state index contributed by atoms with van der Waals surface area (Å²) in [7, 11) is 1.52. The lowest BCUT2D eigenvalue weighted by Gasteiger charge is -2.15. The molecule has 0 heterocycles. The highest BCUT2D eigenvalue weighted by Gasteiger charge is 2.09. The minimum Gasteiger partial charge on any atom is -0.394 e. The fraction of sp³-hybridized carbons (Fsp3) is 0.571. The van der Waals surface area contributed by atoms with Gasteiger partial charge >= 0.3 is 6.03 Å². The predicted octanol–water partition coefficient (Wildman–Crippen LogP) is -0.148. The second-order valence-electron chi connectivity index (χ2n) is 2.30. The van der Waals surface area contributed by atoms with Gasteiger partial charge in [-0.05, 0) is 6.92 Å². The molecule has 0 aromatic heterocycles. The molecule has 0 aromatic carbocycles. The molecule has 1 unspecified atom stereocenters. The van der Waals surface area contributed by atoms with E-state index < -0.39 is 0 Å². The number of carbonyl (C=O) groups excluding carboxylic acids is 1. The quantitative estimate of drug-likeness (QED) is 0.500. The zero-order valence-electron chi connectivity index (χ0n) is 6.85. The number of aliphatic hydroxyl groups is 1. The summed E-state index contributed by atoms with van der Waals surface area (Å²) in [5.41, 5.74) is 0.733. The van der Waals surface area contributed by atoms with E-state index in [0.29, 0.717) is 0 Å². The van der Waals surface area contributed by atoms with E-state index in [1.54, 1.807) is 6.92 Å². The van der Waals surface area contributed by atoms with E-state index in [2.05, 4.69) is 17.2 Å². The molecular weight excluding hydrogens is 144 g/mol. The number of hydrogen-bond donors (Lipinski definition) is 3. The molecule has 0 radical (unpaired) electrons. The van der Waals surface area contributed by atoms with Gasteiger partial charge in [0, 0.05) is 7.05 Å².